The van der Waals surface area contributed by atoms with Gasteiger partial charge in [-0.3, -0.25) is 4.79 Å². The monoisotopic (exact) mass is 252 g/mol. The molecule has 86 valence electrons. The van der Waals surface area contributed by atoms with Crippen LogP contribution in [0.1, 0.15) is 18.1 Å². The lowest BCUT2D eigenvalue weighted by Gasteiger charge is -1.95. The van der Waals surface area contributed by atoms with Crippen molar-refractivity contribution < 1.29 is 4.79 Å². The third kappa shape index (κ3) is 2.02. The molecule has 0 aliphatic carbocycles. The van der Waals surface area contributed by atoms with Crippen LogP contribution in [0.4, 0.5) is 0 Å². The molecule has 0 aliphatic rings. The Kier molecular flexibility index (Phi) is 3.23. The van der Waals surface area contributed by atoms with Crippen molar-refractivity contribution in [3.63, 3.8) is 0 Å². The predicted molar refractivity (Wildman–Crippen MR) is 70.8 cm³/mol. The van der Waals surface area contributed by atoms with Gasteiger partial charge in [0, 0.05) is 5.39 Å². The van der Waals surface area contributed by atoms with E-state index in [4.69, 9.17) is 10.5 Å². The Morgan fingerprint density at radius 3 is 2.78 bits per heavy atom. The van der Waals surface area contributed by atoms with Crippen LogP contribution in [0.15, 0.2) is 29.2 Å². The number of nitrogens with zero attached hydrogens (tertiary/aromatic N) is 2. The van der Waals surface area contributed by atoms with Crippen LogP contribution in [0.5, 0.6) is 0 Å². The van der Waals surface area contributed by atoms with Gasteiger partial charge in [-0.25, -0.2) is 0 Å². The molecular weight excluding hydrogens is 244 g/mol. The molecule has 0 bridgehead atoms. The summed E-state index contributed by atoms with van der Waals surface area (Å²) in [5, 5.41) is 20.6. The minimum atomic E-state index is -0.256. The second-order valence-corrected chi connectivity index (χ2v) is 4.59. The number of carbonyl (C=O) groups is 1. The molecule has 1 aromatic carbocycles. The molecule has 0 aliphatic heterocycles. The number of nitriles is 2. The summed E-state index contributed by atoms with van der Waals surface area (Å²) in [5.74, 6) is -0.256. The lowest BCUT2D eigenvalue weighted by Crippen LogP contribution is -1.92. The summed E-state index contributed by atoms with van der Waals surface area (Å²) in [5.41, 5.74) is 1.54. The topological polar surface area (TPSA) is 64.7 Å². The van der Waals surface area contributed by atoms with Gasteiger partial charge in [0.15, 0.2) is 5.78 Å². The maximum atomic E-state index is 11.2. The fourth-order valence-corrected chi connectivity index (χ4v) is 2.64. The van der Waals surface area contributed by atoms with Gasteiger partial charge in [-0.2, -0.15) is 10.5 Å². The standard InChI is InChI=1S/C14H8N2OS/c1-9(17)11(7-16)5-12-8-18-14-10(6-15)3-2-4-13(12)14/h2-5,8H,1H3. The molecule has 2 aromatic rings. The van der Waals surface area contributed by atoms with Gasteiger partial charge in [0.1, 0.15) is 12.1 Å². The summed E-state index contributed by atoms with van der Waals surface area (Å²) < 4.78 is 0.882. The molecule has 3 nitrogen and oxygen atoms in total. The maximum Gasteiger partial charge on any atom is 0.170 e. The first-order chi connectivity index (χ1) is 8.67. The van der Waals surface area contributed by atoms with E-state index in [1.807, 2.05) is 17.5 Å². The summed E-state index contributed by atoms with van der Waals surface area (Å²) in [4.78, 5) is 11.2. The van der Waals surface area contributed by atoms with Crippen molar-refractivity contribution in [3.05, 3.63) is 40.3 Å². The first-order valence-corrected chi connectivity index (χ1v) is 6.08. The molecule has 0 amide bonds. The highest BCUT2D eigenvalue weighted by atomic mass is 32.1. The highest BCUT2D eigenvalue weighted by molar-refractivity contribution is 7.17. The number of allylic oxidation sites excluding steroid dienone is 1. The molecule has 2 rings (SSSR count). The Morgan fingerprint density at radius 2 is 2.17 bits per heavy atom. The van der Waals surface area contributed by atoms with E-state index in [0.717, 1.165) is 15.6 Å². The van der Waals surface area contributed by atoms with Crippen molar-refractivity contribution in [2.24, 2.45) is 0 Å². The third-order valence-electron chi connectivity index (χ3n) is 2.55. The Labute approximate surface area is 108 Å². The summed E-state index contributed by atoms with van der Waals surface area (Å²) >= 11 is 1.44. The van der Waals surface area contributed by atoms with Crippen LogP contribution < -0.4 is 0 Å². The second kappa shape index (κ2) is 4.83. The van der Waals surface area contributed by atoms with E-state index in [0.29, 0.717) is 5.56 Å². The Morgan fingerprint density at radius 1 is 1.39 bits per heavy atom. The van der Waals surface area contributed by atoms with Crippen molar-refractivity contribution >= 4 is 33.3 Å². The summed E-state index contributed by atoms with van der Waals surface area (Å²) in [6, 6.07) is 9.45. The molecule has 0 N–H and O–H groups in total. The number of benzene rings is 1. The van der Waals surface area contributed by atoms with Gasteiger partial charge in [-0.05, 0) is 30.0 Å². The second-order valence-electron chi connectivity index (χ2n) is 3.71. The van der Waals surface area contributed by atoms with Crippen LogP contribution in [0.3, 0.4) is 0 Å². The lowest BCUT2D eigenvalue weighted by atomic mass is 10.1. The van der Waals surface area contributed by atoms with Crippen molar-refractivity contribution in [1.82, 2.24) is 0 Å². The molecule has 0 unspecified atom stereocenters. The summed E-state index contributed by atoms with van der Waals surface area (Å²) in [6.45, 7) is 1.37. The Hall–Kier alpha value is -2.43. The van der Waals surface area contributed by atoms with E-state index < -0.39 is 0 Å². The van der Waals surface area contributed by atoms with Crippen molar-refractivity contribution in [1.29, 1.82) is 10.5 Å². The maximum absolute atomic E-state index is 11.2. The number of ketones is 1. The largest absolute Gasteiger partial charge is 0.294 e. The third-order valence-corrected chi connectivity index (χ3v) is 3.60. The van der Waals surface area contributed by atoms with Gasteiger partial charge in [0.2, 0.25) is 0 Å². The van der Waals surface area contributed by atoms with Crippen LogP contribution in [0.25, 0.3) is 16.2 Å². The van der Waals surface area contributed by atoms with Gasteiger partial charge in [-0.15, -0.1) is 11.3 Å². The van der Waals surface area contributed by atoms with Crippen LogP contribution in [0.2, 0.25) is 0 Å². The molecule has 0 spiro atoms. The quantitative estimate of drug-likeness (QED) is 0.608. The van der Waals surface area contributed by atoms with E-state index in [2.05, 4.69) is 6.07 Å². The van der Waals surface area contributed by atoms with Crippen molar-refractivity contribution in [2.75, 3.05) is 0 Å². The minimum Gasteiger partial charge on any atom is -0.294 e. The zero-order valence-corrected chi connectivity index (χ0v) is 10.4. The number of hydrogen-bond acceptors (Lipinski definition) is 4. The number of thiophene rings is 1. The number of carbonyl (C=O) groups excluding carboxylic acids is 1. The summed E-state index contributed by atoms with van der Waals surface area (Å²) in [6.07, 6.45) is 1.57. The van der Waals surface area contributed by atoms with E-state index >= 15 is 0 Å². The van der Waals surface area contributed by atoms with E-state index in [9.17, 15) is 4.79 Å². The SMILES string of the molecule is CC(=O)C(C#N)=Cc1csc2c(C#N)cccc12. The highest BCUT2D eigenvalue weighted by Crippen LogP contribution is 2.30. The lowest BCUT2D eigenvalue weighted by molar-refractivity contribution is -0.113. The molecule has 0 fully saturated rings. The zero-order valence-electron chi connectivity index (χ0n) is 9.60. The van der Waals surface area contributed by atoms with Crippen LogP contribution in [0, 0.1) is 22.7 Å². The number of fused-ring (bicyclic) bond motifs is 1. The molecule has 0 saturated heterocycles. The molecule has 0 atom stereocenters. The first kappa shape index (κ1) is 12.0. The average Bonchev–Trinajstić information content (AvgIpc) is 2.78. The predicted octanol–water partition coefficient (Wildman–Crippen LogP) is 3.27. The van der Waals surface area contributed by atoms with Crippen molar-refractivity contribution in [3.8, 4) is 12.1 Å². The van der Waals surface area contributed by atoms with E-state index in [-0.39, 0.29) is 11.4 Å². The fourth-order valence-electron chi connectivity index (χ4n) is 1.65. The first-order valence-electron chi connectivity index (χ1n) is 5.20. The molecule has 0 radical (unpaired) electrons. The van der Waals surface area contributed by atoms with Crippen molar-refractivity contribution in [2.45, 2.75) is 6.92 Å². The highest BCUT2D eigenvalue weighted by Gasteiger charge is 2.08. The normalized spacial score (nSPS) is 10.9. The summed E-state index contributed by atoms with van der Waals surface area (Å²) in [7, 11) is 0. The molecule has 4 heteroatoms. The van der Waals surface area contributed by atoms with Gasteiger partial charge in [0.25, 0.3) is 0 Å². The van der Waals surface area contributed by atoms with E-state index in [1.165, 1.54) is 18.3 Å². The molecular formula is C14H8N2OS. The van der Waals surface area contributed by atoms with Gasteiger partial charge < -0.3 is 0 Å². The number of rotatable bonds is 2. The Balaban J connectivity index is 2.66. The fraction of sp³-hybridized carbons (Fsp3) is 0.0714. The van der Waals surface area contributed by atoms with Crippen LogP contribution >= 0.6 is 11.3 Å². The van der Waals surface area contributed by atoms with Gasteiger partial charge >= 0.3 is 0 Å². The minimum absolute atomic E-state index is 0.122. The van der Waals surface area contributed by atoms with E-state index in [1.54, 1.807) is 18.2 Å². The number of hydrogen-bond donors (Lipinski definition) is 0. The van der Waals surface area contributed by atoms with Gasteiger partial charge in [0.05, 0.1) is 15.8 Å². The molecule has 1 aromatic heterocycles. The molecule has 18 heavy (non-hydrogen) atoms. The van der Waals surface area contributed by atoms with Crippen LogP contribution in [-0.4, -0.2) is 5.78 Å². The Bertz CT molecular complexity index is 741. The number of Topliss-reactive ketones (excluding diaryl/α,β-unsaturated/α-hetero) is 1. The zero-order chi connectivity index (χ0) is 13.1. The van der Waals surface area contributed by atoms with Gasteiger partial charge in [-0.1, -0.05) is 12.1 Å². The molecule has 0 saturated carbocycles. The average molecular weight is 252 g/mol. The molecule has 1 heterocycles. The smallest absolute Gasteiger partial charge is 0.170 e. The van der Waals surface area contributed by atoms with Crippen LogP contribution in [-0.2, 0) is 4.79 Å².